The largest absolute Gasteiger partial charge is 0.378 e. The summed E-state index contributed by atoms with van der Waals surface area (Å²) >= 11 is 0. The fourth-order valence-corrected chi connectivity index (χ4v) is 4.91. The van der Waals surface area contributed by atoms with Crippen LogP contribution in [0.15, 0.2) is 17.1 Å². The van der Waals surface area contributed by atoms with Gasteiger partial charge in [0.25, 0.3) is 0 Å². The number of nitrogens with one attached hydrogen (secondary N) is 2. The SMILES string of the molecule is C=C(C)CN1CCC(NC(=NCC)NC2CC(OCC)C23CCC3)CC1. The van der Waals surface area contributed by atoms with Gasteiger partial charge in [-0.1, -0.05) is 18.6 Å². The minimum atomic E-state index is 0.372. The van der Waals surface area contributed by atoms with Gasteiger partial charge in [-0.3, -0.25) is 9.89 Å². The smallest absolute Gasteiger partial charge is 0.191 e. The molecule has 0 amide bonds. The van der Waals surface area contributed by atoms with Gasteiger partial charge in [0.15, 0.2) is 5.96 Å². The van der Waals surface area contributed by atoms with E-state index < -0.39 is 0 Å². The Bertz CT molecular complexity index is 506. The lowest BCUT2D eigenvalue weighted by molar-refractivity contribution is -0.168. The van der Waals surface area contributed by atoms with Crippen molar-refractivity contribution in [2.45, 2.75) is 77.5 Å². The van der Waals surface area contributed by atoms with E-state index in [1.54, 1.807) is 0 Å². The molecule has 5 nitrogen and oxygen atoms in total. The van der Waals surface area contributed by atoms with E-state index >= 15 is 0 Å². The van der Waals surface area contributed by atoms with E-state index in [2.05, 4.69) is 42.9 Å². The molecule has 2 aliphatic carbocycles. The molecule has 2 N–H and O–H groups in total. The third-order valence-corrected chi connectivity index (χ3v) is 6.49. The van der Waals surface area contributed by atoms with Crippen LogP contribution in [-0.4, -0.2) is 61.8 Å². The second kappa shape index (κ2) is 8.75. The Balaban J connectivity index is 1.50. The third kappa shape index (κ3) is 4.25. The van der Waals surface area contributed by atoms with E-state index in [-0.39, 0.29) is 0 Å². The predicted octanol–water partition coefficient (Wildman–Crippen LogP) is 2.93. The maximum Gasteiger partial charge on any atom is 0.191 e. The number of piperidine rings is 1. The van der Waals surface area contributed by atoms with Crippen LogP contribution >= 0.6 is 0 Å². The van der Waals surface area contributed by atoms with Gasteiger partial charge in [0.05, 0.1) is 6.10 Å². The number of hydrogen-bond donors (Lipinski definition) is 2. The first kappa shape index (κ1) is 19.7. The van der Waals surface area contributed by atoms with E-state index in [0.29, 0.717) is 23.6 Å². The molecule has 3 rings (SSSR count). The van der Waals surface area contributed by atoms with Crippen molar-refractivity contribution in [3.05, 3.63) is 12.2 Å². The number of aliphatic imine (C=N–C) groups is 1. The molecule has 1 saturated heterocycles. The Hall–Kier alpha value is -1.07. The predicted molar refractivity (Wildman–Crippen MR) is 109 cm³/mol. The molecule has 0 aromatic carbocycles. The molecule has 3 aliphatic rings. The summed E-state index contributed by atoms with van der Waals surface area (Å²) in [7, 11) is 0. The zero-order valence-corrected chi connectivity index (χ0v) is 17.0. The molecule has 2 atom stereocenters. The highest BCUT2D eigenvalue weighted by atomic mass is 16.5. The maximum absolute atomic E-state index is 5.99. The van der Waals surface area contributed by atoms with Crippen molar-refractivity contribution in [2.24, 2.45) is 10.4 Å². The molecule has 0 aromatic rings. The highest BCUT2D eigenvalue weighted by Gasteiger charge is 2.59. The van der Waals surface area contributed by atoms with E-state index in [4.69, 9.17) is 9.73 Å². The minimum Gasteiger partial charge on any atom is -0.378 e. The lowest BCUT2D eigenvalue weighted by atomic mass is 9.51. The minimum absolute atomic E-state index is 0.372. The van der Waals surface area contributed by atoms with Crippen molar-refractivity contribution >= 4 is 5.96 Å². The Labute approximate surface area is 159 Å². The summed E-state index contributed by atoms with van der Waals surface area (Å²) in [6, 6.07) is 1.04. The van der Waals surface area contributed by atoms with Crippen LogP contribution < -0.4 is 10.6 Å². The average molecular weight is 363 g/mol. The van der Waals surface area contributed by atoms with Crippen LogP contribution in [0.4, 0.5) is 0 Å². The van der Waals surface area contributed by atoms with E-state index in [9.17, 15) is 0 Å². The van der Waals surface area contributed by atoms with Gasteiger partial charge in [-0.15, -0.1) is 0 Å². The normalized spacial score (nSPS) is 29.1. The molecule has 1 heterocycles. The Morgan fingerprint density at radius 1 is 1.23 bits per heavy atom. The second-order valence-electron chi connectivity index (χ2n) is 8.44. The van der Waals surface area contributed by atoms with Gasteiger partial charge < -0.3 is 15.4 Å². The topological polar surface area (TPSA) is 48.9 Å². The molecule has 0 aromatic heterocycles. The van der Waals surface area contributed by atoms with E-state index in [1.165, 1.54) is 37.7 Å². The number of hydrogen-bond acceptors (Lipinski definition) is 3. The van der Waals surface area contributed by atoms with Crippen LogP contribution in [0, 0.1) is 5.41 Å². The Kier molecular flexibility index (Phi) is 6.62. The van der Waals surface area contributed by atoms with Gasteiger partial charge in [-0.2, -0.15) is 0 Å². The lowest BCUT2D eigenvalue weighted by Gasteiger charge is -2.61. The molecule has 0 radical (unpaired) electrons. The summed E-state index contributed by atoms with van der Waals surface area (Å²) in [4.78, 5) is 7.23. The number of nitrogens with zero attached hydrogens (tertiary/aromatic N) is 2. The quantitative estimate of drug-likeness (QED) is 0.415. The van der Waals surface area contributed by atoms with E-state index in [0.717, 1.165) is 45.2 Å². The van der Waals surface area contributed by atoms with Crippen molar-refractivity contribution in [1.29, 1.82) is 0 Å². The molecular formula is C21H38N4O. The summed E-state index contributed by atoms with van der Waals surface area (Å²) in [5.74, 6) is 1.01. The first-order valence-corrected chi connectivity index (χ1v) is 10.6. The number of rotatable bonds is 7. The first-order chi connectivity index (χ1) is 12.6. The van der Waals surface area contributed by atoms with Crippen LogP contribution in [0.1, 0.15) is 59.3 Å². The summed E-state index contributed by atoms with van der Waals surface area (Å²) in [5, 5.41) is 7.47. The molecule has 2 saturated carbocycles. The molecule has 0 bridgehead atoms. The van der Waals surface area contributed by atoms with Crippen molar-refractivity contribution in [1.82, 2.24) is 15.5 Å². The zero-order chi connectivity index (χ0) is 18.6. The standard InChI is InChI=1S/C21H38N4O/c1-5-22-20(23-17-8-12-25(13-9-17)15-16(3)4)24-18-14-19(26-6-2)21(18)10-7-11-21/h17-19H,3,5-15H2,1-2,4H3,(H2,22,23,24). The Morgan fingerprint density at radius 2 is 1.96 bits per heavy atom. The fourth-order valence-electron chi connectivity index (χ4n) is 4.91. The van der Waals surface area contributed by atoms with Crippen LogP contribution in [0.5, 0.6) is 0 Å². The molecule has 26 heavy (non-hydrogen) atoms. The Morgan fingerprint density at radius 3 is 2.50 bits per heavy atom. The van der Waals surface area contributed by atoms with Gasteiger partial charge in [-0.05, 0) is 52.9 Å². The first-order valence-electron chi connectivity index (χ1n) is 10.6. The summed E-state index contributed by atoms with van der Waals surface area (Å²) < 4.78 is 5.99. The molecule has 148 valence electrons. The molecule has 1 aliphatic heterocycles. The van der Waals surface area contributed by atoms with Gasteiger partial charge in [0.2, 0.25) is 0 Å². The summed E-state index contributed by atoms with van der Waals surface area (Å²) in [6.45, 7) is 15.3. The maximum atomic E-state index is 5.99. The van der Waals surface area contributed by atoms with E-state index in [1.807, 2.05) is 0 Å². The average Bonchev–Trinajstić information content (AvgIpc) is 2.53. The molecular weight excluding hydrogens is 324 g/mol. The van der Waals surface area contributed by atoms with Gasteiger partial charge in [0, 0.05) is 50.3 Å². The fraction of sp³-hybridized carbons (Fsp3) is 0.857. The number of likely N-dealkylation sites (tertiary alicyclic amines) is 1. The second-order valence-corrected chi connectivity index (χ2v) is 8.44. The zero-order valence-electron chi connectivity index (χ0n) is 17.0. The van der Waals surface area contributed by atoms with Crippen molar-refractivity contribution < 1.29 is 4.74 Å². The highest BCUT2D eigenvalue weighted by molar-refractivity contribution is 5.80. The highest BCUT2D eigenvalue weighted by Crippen LogP contribution is 2.57. The molecule has 1 spiro atoms. The van der Waals surface area contributed by atoms with Crippen molar-refractivity contribution in [3.63, 3.8) is 0 Å². The van der Waals surface area contributed by atoms with Crippen LogP contribution in [-0.2, 0) is 4.74 Å². The molecule has 2 unspecified atom stereocenters. The van der Waals surface area contributed by atoms with Crippen molar-refractivity contribution in [3.8, 4) is 0 Å². The monoisotopic (exact) mass is 362 g/mol. The number of guanidine groups is 1. The van der Waals surface area contributed by atoms with Gasteiger partial charge in [-0.25, -0.2) is 0 Å². The van der Waals surface area contributed by atoms with Gasteiger partial charge in [0.1, 0.15) is 0 Å². The lowest BCUT2D eigenvalue weighted by Crippen LogP contribution is -2.69. The summed E-state index contributed by atoms with van der Waals surface area (Å²) in [5.41, 5.74) is 1.63. The number of ether oxygens (including phenoxy) is 1. The van der Waals surface area contributed by atoms with Crippen LogP contribution in [0.25, 0.3) is 0 Å². The third-order valence-electron chi connectivity index (χ3n) is 6.49. The van der Waals surface area contributed by atoms with Gasteiger partial charge >= 0.3 is 0 Å². The van der Waals surface area contributed by atoms with Crippen molar-refractivity contribution in [2.75, 3.05) is 32.8 Å². The van der Waals surface area contributed by atoms with Crippen LogP contribution in [0.2, 0.25) is 0 Å². The molecule has 5 heteroatoms. The van der Waals surface area contributed by atoms with Crippen LogP contribution in [0.3, 0.4) is 0 Å². The molecule has 3 fully saturated rings. The summed E-state index contributed by atoms with van der Waals surface area (Å²) in [6.07, 6.45) is 7.87.